The van der Waals surface area contributed by atoms with E-state index in [0.29, 0.717) is 26.1 Å². The highest BCUT2D eigenvalue weighted by Crippen LogP contribution is 2.19. The quantitative estimate of drug-likeness (QED) is 0.540. The van der Waals surface area contributed by atoms with Gasteiger partial charge in [-0.25, -0.2) is 0 Å². The molecular weight excluding hydrogens is 264 g/mol. The summed E-state index contributed by atoms with van der Waals surface area (Å²) in [4.78, 5) is 11.9. The third-order valence-corrected chi connectivity index (χ3v) is 3.03. The zero-order valence-electron chi connectivity index (χ0n) is 12.2. The van der Waals surface area contributed by atoms with Crippen LogP contribution >= 0.6 is 0 Å². The lowest BCUT2D eigenvalue weighted by Crippen LogP contribution is -2.04. The molecule has 2 rings (SSSR count). The number of ether oxygens (including phenoxy) is 2. The third kappa shape index (κ3) is 4.95. The Morgan fingerprint density at radius 2 is 1.67 bits per heavy atom. The summed E-state index contributed by atoms with van der Waals surface area (Å²) in [6, 6.07) is 16.9. The molecule has 0 bridgehead atoms. The zero-order chi connectivity index (χ0) is 14.9. The van der Waals surface area contributed by atoms with Crippen LogP contribution in [0.25, 0.3) is 0 Å². The van der Waals surface area contributed by atoms with Crippen molar-refractivity contribution >= 4 is 5.78 Å². The molecular formula is C18H20O3. The molecule has 2 aromatic rings. The molecule has 3 heteroatoms. The summed E-state index contributed by atoms with van der Waals surface area (Å²) in [6.07, 6.45) is 1.20. The van der Waals surface area contributed by atoms with Crippen molar-refractivity contribution in [3.05, 3.63) is 60.2 Å². The average Bonchev–Trinajstić information content (AvgIpc) is 2.53. The highest BCUT2D eigenvalue weighted by Gasteiger charge is 2.04. The van der Waals surface area contributed by atoms with Gasteiger partial charge in [0.25, 0.3) is 0 Å². The first-order valence-corrected chi connectivity index (χ1v) is 7.23. The molecule has 21 heavy (non-hydrogen) atoms. The van der Waals surface area contributed by atoms with Gasteiger partial charge in [-0.15, -0.1) is 0 Å². The maximum Gasteiger partial charge on any atom is 0.163 e. The van der Waals surface area contributed by atoms with Crippen LogP contribution in [-0.4, -0.2) is 19.0 Å². The van der Waals surface area contributed by atoms with Crippen molar-refractivity contribution in [1.82, 2.24) is 0 Å². The molecule has 0 atom stereocenters. The van der Waals surface area contributed by atoms with E-state index in [9.17, 15) is 4.79 Å². The molecule has 0 aliphatic heterocycles. The van der Waals surface area contributed by atoms with Crippen molar-refractivity contribution in [2.24, 2.45) is 0 Å². The normalized spacial score (nSPS) is 10.1. The predicted molar refractivity (Wildman–Crippen MR) is 83.1 cm³/mol. The molecule has 0 N–H and O–H groups in total. The molecule has 0 radical (unpaired) electrons. The van der Waals surface area contributed by atoms with Gasteiger partial charge in [0, 0.05) is 18.1 Å². The van der Waals surface area contributed by atoms with Crippen molar-refractivity contribution < 1.29 is 14.3 Å². The number of benzene rings is 2. The van der Waals surface area contributed by atoms with Crippen LogP contribution in [0.5, 0.6) is 11.5 Å². The summed E-state index contributed by atoms with van der Waals surface area (Å²) in [5.74, 6) is 1.73. The summed E-state index contributed by atoms with van der Waals surface area (Å²) in [5, 5.41) is 0. The van der Waals surface area contributed by atoms with E-state index in [1.54, 1.807) is 0 Å². The van der Waals surface area contributed by atoms with Gasteiger partial charge < -0.3 is 9.47 Å². The van der Waals surface area contributed by atoms with Crippen LogP contribution in [0.1, 0.15) is 30.1 Å². The first kappa shape index (κ1) is 15.1. The number of Topliss-reactive ketones (excluding diaryl/α,β-unsaturated/α-hetero) is 1. The molecule has 0 heterocycles. The van der Waals surface area contributed by atoms with Gasteiger partial charge in [0.2, 0.25) is 0 Å². The lowest BCUT2D eigenvalue weighted by Gasteiger charge is -2.08. The van der Waals surface area contributed by atoms with E-state index in [0.717, 1.165) is 17.1 Å². The van der Waals surface area contributed by atoms with Crippen molar-refractivity contribution in [1.29, 1.82) is 0 Å². The maximum atomic E-state index is 11.9. The van der Waals surface area contributed by atoms with Crippen LogP contribution in [0, 0.1) is 0 Å². The van der Waals surface area contributed by atoms with Gasteiger partial charge >= 0.3 is 0 Å². The highest BCUT2D eigenvalue weighted by molar-refractivity contribution is 5.95. The second-order valence-electron chi connectivity index (χ2n) is 4.65. The Morgan fingerprint density at radius 1 is 0.952 bits per heavy atom. The fourth-order valence-corrected chi connectivity index (χ4v) is 2.01. The zero-order valence-corrected chi connectivity index (χ0v) is 12.2. The Labute approximate surface area is 125 Å². The Morgan fingerprint density at radius 3 is 2.38 bits per heavy atom. The third-order valence-electron chi connectivity index (χ3n) is 3.03. The number of carbonyl (C=O) groups is 1. The molecule has 2 aromatic carbocycles. The Hall–Kier alpha value is -2.29. The minimum Gasteiger partial charge on any atom is -0.494 e. The van der Waals surface area contributed by atoms with Gasteiger partial charge in [-0.1, -0.05) is 36.4 Å². The van der Waals surface area contributed by atoms with Crippen LogP contribution < -0.4 is 9.47 Å². The van der Waals surface area contributed by atoms with E-state index >= 15 is 0 Å². The number of ketones is 1. The molecule has 3 nitrogen and oxygen atoms in total. The predicted octanol–water partition coefficient (Wildman–Crippen LogP) is 4.13. The topological polar surface area (TPSA) is 35.5 Å². The minimum atomic E-state index is 0.155. The lowest BCUT2D eigenvalue weighted by atomic mass is 10.1. The van der Waals surface area contributed by atoms with Gasteiger partial charge in [0.15, 0.2) is 5.78 Å². The molecule has 0 fully saturated rings. The SMILES string of the molecule is CCOc1cccc(OCCCC(=O)c2ccccc2)c1. The van der Waals surface area contributed by atoms with E-state index in [2.05, 4.69) is 0 Å². The second kappa shape index (κ2) is 8.10. The van der Waals surface area contributed by atoms with Gasteiger partial charge in [-0.05, 0) is 25.5 Å². The molecule has 0 spiro atoms. The molecule has 0 aromatic heterocycles. The Balaban J connectivity index is 1.74. The highest BCUT2D eigenvalue weighted by atomic mass is 16.5. The summed E-state index contributed by atoms with van der Waals surface area (Å²) in [7, 11) is 0. The maximum absolute atomic E-state index is 11.9. The molecule has 0 unspecified atom stereocenters. The Kier molecular flexibility index (Phi) is 5.83. The fourth-order valence-electron chi connectivity index (χ4n) is 2.01. The second-order valence-corrected chi connectivity index (χ2v) is 4.65. The van der Waals surface area contributed by atoms with Crippen LogP contribution in [-0.2, 0) is 0 Å². The van der Waals surface area contributed by atoms with Crippen molar-refractivity contribution in [3.63, 3.8) is 0 Å². The van der Waals surface area contributed by atoms with Gasteiger partial charge in [-0.2, -0.15) is 0 Å². The molecule has 0 saturated heterocycles. The number of rotatable bonds is 8. The molecule has 0 amide bonds. The molecule has 0 aliphatic rings. The molecule has 110 valence electrons. The largest absolute Gasteiger partial charge is 0.494 e. The van der Waals surface area contributed by atoms with Crippen molar-refractivity contribution in [2.45, 2.75) is 19.8 Å². The minimum absolute atomic E-state index is 0.155. The van der Waals surface area contributed by atoms with Crippen molar-refractivity contribution in [2.75, 3.05) is 13.2 Å². The smallest absolute Gasteiger partial charge is 0.163 e. The molecule has 0 aliphatic carbocycles. The fraction of sp³-hybridized carbons (Fsp3) is 0.278. The summed E-state index contributed by atoms with van der Waals surface area (Å²) < 4.78 is 11.1. The van der Waals surface area contributed by atoms with E-state index in [1.807, 2.05) is 61.5 Å². The first-order chi connectivity index (χ1) is 10.3. The van der Waals surface area contributed by atoms with Gasteiger partial charge in [0.05, 0.1) is 13.2 Å². The van der Waals surface area contributed by atoms with E-state index < -0.39 is 0 Å². The summed E-state index contributed by atoms with van der Waals surface area (Å²) >= 11 is 0. The number of hydrogen-bond acceptors (Lipinski definition) is 3. The van der Waals surface area contributed by atoms with Crippen LogP contribution in [0.15, 0.2) is 54.6 Å². The van der Waals surface area contributed by atoms with Crippen LogP contribution in [0.3, 0.4) is 0 Å². The van der Waals surface area contributed by atoms with Crippen LogP contribution in [0.4, 0.5) is 0 Å². The standard InChI is InChI=1S/C18H20O3/c1-2-20-16-10-6-11-17(14-16)21-13-7-12-18(19)15-8-4-3-5-9-15/h3-6,8-11,14H,2,7,12-13H2,1H3. The Bertz CT molecular complexity index is 564. The van der Waals surface area contributed by atoms with E-state index in [4.69, 9.17) is 9.47 Å². The molecule has 0 saturated carbocycles. The average molecular weight is 284 g/mol. The number of hydrogen-bond donors (Lipinski definition) is 0. The van der Waals surface area contributed by atoms with E-state index in [1.165, 1.54) is 0 Å². The monoisotopic (exact) mass is 284 g/mol. The van der Waals surface area contributed by atoms with E-state index in [-0.39, 0.29) is 5.78 Å². The van der Waals surface area contributed by atoms with Crippen molar-refractivity contribution in [3.8, 4) is 11.5 Å². The lowest BCUT2D eigenvalue weighted by molar-refractivity contribution is 0.0973. The summed E-state index contributed by atoms with van der Waals surface area (Å²) in [5.41, 5.74) is 0.760. The van der Waals surface area contributed by atoms with Crippen LogP contribution in [0.2, 0.25) is 0 Å². The number of carbonyl (C=O) groups excluding carboxylic acids is 1. The first-order valence-electron chi connectivity index (χ1n) is 7.23. The van der Waals surface area contributed by atoms with Gasteiger partial charge in [-0.3, -0.25) is 4.79 Å². The van der Waals surface area contributed by atoms with Gasteiger partial charge in [0.1, 0.15) is 11.5 Å². The summed E-state index contributed by atoms with van der Waals surface area (Å²) in [6.45, 7) is 3.10.